The van der Waals surface area contributed by atoms with Crippen molar-refractivity contribution < 1.29 is 22.0 Å². The summed E-state index contributed by atoms with van der Waals surface area (Å²) in [4.78, 5) is 29.2. The number of nitrogens with one attached hydrogen (secondary N) is 1. The maximum Gasteiger partial charge on any atom is 0.328 e. The number of carbonyl (C=O) groups excluding carboxylic acids is 1. The summed E-state index contributed by atoms with van der Waals surface area (Å²) in [7, 11) is -1.31. The summed E-state index contributed by atoms with van der Waals surface area (Å²) in [6.45, 7) is 3.37. The Hall–Kier alpha value is -3.06. The van der Waals surface area contributed by atoms with Gasteiger partial charge in [-0.25, -0.2) is 31.7 Å². The topological polar surface area (TPSA) is 108 Å². The van der Waals surface area contributed by atoms with E-state index in [1.54, 1.807) is 20.9 Å². The fraction of sp³-hybridized carbons (Fsp3) is 0.286. The molecule has 180 valence electrons. The van der Waals surface area contributed by atoms with Crippen molar-refractivity contribution in [1.82, 2.24) is 23.4 Å². The maximum absolute atomic E-state index is 13.9. The highest BCUT2D eigenvalue weighted by molar-refractivity contribution is 9.10. The molecule has 34 heavy (non-hydrogen) atoms. The van der Waals surface area contributed by atoms with Crippen molar-refractivity contribution in [3.05, 3.63) is 57.2 Å². The lowest BCUT2D eigenvalue weighted by atomic mass is 10.0. The van der Waals surface area contributed by atoms with Gasteiger partial charge in [0, 0.05) is 30.7 Å². The van der Waals surface area contributed by atoms with Crippen LogP contribution in [0.5, 0.6) is 0 Å². The lowest BCUT2D eigenvalue weighted by Crippen LogP contribution is -2.39. The molecule has 2 aromatic heterocycles. The van der Waals surface area contributed by atoms with E-state index in [2.05, 4.69) is 25.6 Å². The largest absolute Gasteiger partial charge is 0.328 e. The molecular weight excluding hydrogens is 536 g/mol. The van der Waals surface area contributed by atoms with Gasteiger partial charge in [-0.05, 0) is 34.0 Å². The predicted octanol–water partition coefficient (Wildman–Crippen LogP) is 2.97. The zero-order chi connectivity index (χ0) is 25.1. The molecule has 0 aliphatic heterocycles. The fourth-order valence-electron chi connectivity index (χ4n) is 3.95. The molecule has 1 unspecified atom stereocenters. The Morgan fingerprint density at radius 1 is 1.03 bits per heavy atom. The molecule has 1 N–H and O–H groups in total. The van der Waals surface area contributed by atoms with Crippen molar-refractivity contribution >= 4 is 53.9 Å². The Kier molecular flexibility index (Phi) is 5.88. The van der Waals surface area contributed by atoms with Crippen LogP contribution < -0.4 is 10.4 Å². The highest BCUT2D eigenvalue weighted by Crippen LogP contribution is 2.29. The number of benzene rings is 2. The summed E-state index contributed by atoms with van der Waals surface area (Å²) < 4.78 is 60.0. The molecule has 1 amide bonds. The number of sulfonamides is 1. The van der Waals surface area contributed by atoms with Crippen LogP contribution in [0.4, 0.5) is 8.78 Å². The normalized spacial score (nSPS) is 13.2. The van der Waals surface area contributed by atoms with Gasteiger partial charge >= 0.3 is 5.69 Å². The van der Waals surface area contributed by atoms with E-state index in [1.807, 2.05) is 0 Å². The molecule has 0 aliphatic carbocycles. The van der Waals surface area contributed by atoms with Gasteiger partial charge in [0.15, 0.2) is 11.6 Å². The summed E-state index contributed by atoms with van der Waals surface area (Å²) in [5.74, 6) is -3.51. The van der Waals surface area contributed by atoms with Crippen molar-refractivity contribution in [2.24, 2.45) is 20.0 Å². The van der Waals surface area contributed by atoms with E-state index in [-0.39, 0.29) is 26.1 Å². The van der Waals surface area contributed by atoms with Crippen LogP contribution in [0.2, 0.25) is 0 Å². The second kappa shape index (κ2) is 8.31. The molecule has 0 saturated carbocycles. The number of hydrogen-bond donors (Lipinski definition) is 1. The van der Waals surface area contributed by atoms with Crippen molar-refractivity contribution in [3.8, 4) is 0 Å². The summed E-state index contributed by atoms with van der Waals surface area (Å²) >= 11 is 3.22. The highest BCUT2D eigenvalue weighted by Gasteiger charge is 2.31. The molecule has 0 saturated heterocycles. The summed E-state index contributed by atoms with van der Waals surface area (Å²) in [6, 6.07) is 3.51. The Bertz CT molecular complexity index is 1640. The molecule has 9 nitrogen and oxygen atoms in total. The third kappa shape index (κ3) is 3.82. The number of nitrogens with zero attached hydrogens (tertiary/aromatic N) is 4. The van der Waals surface area contributed by atoms with E-state index in [4.69, 9.17) is 0 Å². The van der Waals surface area contributed by atoms with Crippen LogP contribution in [-0.4, -0.2) is 33.0 Å². The lowest BCUT2D eigenvalue weighted by molar-refractivity contribution is -0.123. The summed E-state index contributed by atoms with van der Waals surface area (Å²) in [5.41, 5.74) is 0.798. The van der Waals surface area contributed by atoms with E-state index >= 15 is 0 Å². The van der Waals surface area contributed by atoms with Crippen molar-refractivity contribution in [1.29, 1.82) is 0 Å². The minimum atomic E-state index is -4.38. The molecule has 0 aliphatic rings. The van der Waals surface area contributed by atoms with Crippen LogP contribution in [0.1, 0.15) is 19.9 Å². The predicted molar refractivity (Wildman–Crippen MR) is 125 cm³/mol. The van der Waals surface area contributed by atoms with Gasteiger partial charge < -0.3 is 4.57 Å². The minimum absolute atomic E-state index is 0.124. The first-order valence-corrected chi connectivity index (χ1v) is 12.3. The number of rotatable bonds is 5. The third-order valence-corrected chi connectivity index (χ3v) is 7.97. The van der Waals surface area contributed by atoms with Crippen LogP contribution in [0.15, 0.2) is 44.8 Å². The number of halogens is 3. The van der Waals surface area contributed by atoms with Crippen LogP contribution in [0.25, 0.3) is 22.1 Å². The van der Waals surface area contributed by atoms with E-state index in [0.29, 0.717) is 11.0 Å². The molecule has 4 aromatic rings. The van der Waals surface area contributed by atoms with Gasteiger partial charge in [0.05, 0.1) is 28.4 Å². The molecule has 0 bridgehead atoms. The highest BCUT2D eigenvalue weighted by atomic mass is 79.9. The minimum Gasteiger partial charge on any atom is -0.318 e. The quantitative estimate of drug-likeness (QED) is 0.407. The summed E-state index contributed by atoms with van der Waals surface area (Å²) in [6.07, 6.45) is 1.24. The number of aromatic nitrogens is 4. The molecule has 2 aromatic carbocycles. The average Bonchev–Trinajstić information content (AvgIpc) is 3.21. The Balaban J connectivity index is 1.76. The number of carbonyl (C=O) groups is 1. The number of amides is 1. The van der Waals surface area contributed by atoms with Gasteiger partial charge in [0.1, 0.15) is 10.9 Å². The zero-order valence-electron chi connectivity index (χ0n) is 18.5. The Morgan fingerprint density at radius 2 is 1.62 bits per heavy atom. The SMILES string of the molecule is CC(C)C(C(=O)NS(=O)(=O)c1cc2c(cc1Br)n(C)c(=O)n2C)n1cnc2cc(F)c(F)cc21. The second-order valence-corrected chi connectivity index (χ2v) is 10.7. The summed E-state index contributed by atoms with van der Waals surface area (Å²) in [5, 5.41) is 0. The molecular formula is C21H20BrF2N5O4S. The second-order valence-electron chi connectivity index (χ2n) is 8.24. The van der Waals surface area contributed by atoms with Gasteiger partial charge in [-0.3, -0.25) is 13.9 Å². The number of fused-ring (bicyclic) bond motifs is 2. The molecule has 2 heterocycles. The first-order chi connectivity index (χ1) is 15.8. The smallest absolute Gasteiger partial charge is 0.318 e. The first-order valence-electron chi connectivity index (χ1n) is 10.1. The molecule has 13 heteroatoms. The molecule has 0 radical (unpaired) electrons. The standard InChI is InChI=1S/C21H20BrF2N5O4S/c1-10(2)19(29-9-25-14-6-12(23)13(24)7-15(14)29)20(30)26-34(32,33)18-8-17-16(5-11(18)22)27(3)21(31)28(17)4/h5-10,19H,1-4H3,(H,26,30). The molecule has 1 atom stereocenters. The van der Waals surface area contributed by atoms with Crippen LogP contribution in [0, 0.1) is 17.6 Å². The van der Waals surface area contributed by atoms with Crippen molar-refractivity contribution in [3.63, 3.8) is 0 Å². The van der Waals surface area contributed by atoms with E-state index in [9.17, 15) is 26.8 Å². The van der Waals surface area contributed by atoms with Crippen molar-refractivity contribution in [2.45, 2.75) is 24.8 Å². The van der Waals surface area contributed by atoms with Gasteiger partial charge in [0.2, 0.25) is 0 Å². The van der Waals surface area contributed by atoms with Gasteiger partial charge in [-0.1, -0.05) is 13.8 Å². The average molecular weight is 556 g/mol. The fourth-order valence-corrected chi connectivity index (χ4v) is 6.00. The van der Waals surface area contributed by atoms with Crippen molar-refractivity contribution in [2.75, 3.05) is 0 Å². The zero-order valence-corrected chi connectivity index (χ0v) is 20.9. The van der Waals surface area contributed by atoms with Gasteiger partial charge in [-0.15, -0.1) is 0 Å². The third-order valence-electron chi connectivity index (χ3n) is 5.67. The lowest BCUT2D eigenvalue weighted by Gasteiger charge is -2.22. The molecule has 0 spiro atoms. The van der Waals surface area contributed by atoms with Gasteiger partial charge in [-0.2, -0.15) is 0 Å². The molecule has 0 fully saturated rings. The van der Waals surface area contributed by atoms with Crippen LogP contribution in [-0.2, 0) is 28.9 Å². The Labute approximate surface area is 201 Å². The van der Waals surface area contributed by atoms with E-state index in [1.165, 1.54) is 39.2 Å². The van der Waals surface area contributed by atoms with Gasteiger partial charge in [0.25, 0.3) is 15.9 Å². The molecule has 4 rings (SSSR count). The number of hydrogen-bond acceptors (Lipinski definition) is 5. The Morgan fingerprint density at radius 3 is 2.24 bits per heavy atom. The van der Waals surface area contributed by atoms with Crippen LogP contribution >= 0.6 is 15.9 Å². The van der Waals surface area contributed by atoms with Crippen LogP contribution in [0.3, 0.4) is 0 Å². The first kappa shape index (κ1) is 24.1. The number of imidazole rings is 2. The van der Waals surface area contributed by atoms with E-state index < -0.39 is 39.5 Å². The van der Waals surface area contributed by atoms with E-state index in [0.717, 1.165) is 12.1 Å². The number of aryl methyl sites for hydroxylation is 2. The maximum atomic E-state index is 13.9. The monoisotopic (exact) mass is 555 g/mol.